The van der Waals surface area contributed by atoms with Crippen LogP contribution in [-0.4, -0.2) is 45.2 Å². The maximum atomic E-state index is 12.7. The van der Waals surface area contributed by atoms with Gasteiger partial charge in [0.15, 0.2) is 6.10 Å². The topological polar surface area (TPSA) is 96.0 Å². The Morgan fingerprint density at radius 1 is 1.10 bits per heavy atom. The Labute approximate surface area is 169 Å². The number of carbonyl (C=O) groups is 2. The Kier molecular flexibility index (Phi) is 4.91. The molecule has 2 aromatic carbocycles. The van der Waals surface area contributed by atoms with Gasteiger partial charge in [-0.1, -0.05) is 12.1 Å². The highest BCUT2D eigenvalue weighted by molar-refractivity contribution is 7.93. The van der Waals surface area contributed by atoms with Crippen molar-refractivity contribution in [3.05, 3.63) is 48.5 Å². The van der Waals surface area contributed by atoms with E-state index < -0.39 is 16.1 Å². The molecule has 4 rings (SSSR count). The minimum atomic E-state index is -3.25. The van der Waals surface area contributed by atoms with Crippen molar-refractivity contribution in [1.29, 1.82) is 0 Å². The monoisotopic (exact) mass is 415 g/mol. The lowest BCUT2D eigenvalue weighted by Gasteiger charge is -2.33. The second kappa shape index (κ2) is 7.40. The van der Waals surface area contributed by atoms with Gasteiger partial charge in [0.05, 0.1) is 23.7 Å². The number of hydrogen-bond donors (Lipinski definition) is 1. The summed E-state index contributed by atoms with van der Waals surface area (Å²) in [7, 11) is -3.25. The highest BCUT2D eigenvalue weighted by Gasteiger charge is 2.33. The van der Waals surface area contributed by atoms with Crippen molar-refractivity contribution in [3.8, 4) is 5.75 Å². The van der Waals surface area contributed by atoms with Crippen LogP contribution in [0.15, 0.2) is 48.5 Å². The predicted molar refractivity (Wildman–Crippen MR) is 110 cm³/mol. The fourth-order valence-electron chi connectivity index (χ4n) is 3.53. The minimum Gasteiger partial charge on any atom is -0.476 e. The summed E-state index contributed by atoms with van der Waals surface area (Å²) in [5, 5.41) is 2.77. The summed E-state index contributed by atoms with van der Waals surface area (Å²) in [4.78, 5) is 26.2. The lowest BCUT2D eigenvalue weighted by atomic mass is 10.1. The summed E-state index contributed by atoms with van der Waals surface area (Å²) in [5.74, 6) is 0.0734. The second-order valence-electron chi connectivity index (χ2n) is 6.98. The quantitative estimate of drug-likeness (QED) is 0.827. The number of fused-ring (bicyclic) bond motifs is 1. The van der Waals surface area contributed by atoms with Gasteiger partial charge in [-0.25, -0.2) is 8.42 Å². The van der Waals surface area contributed by atoms with Gasteiger partial charge in [-0.05, 0) is 42.8 Å². The van der Waals surface area contributed by atoms with Crippen LogP contribution >= 0.6 is 0 Å². The van der Waals surface area contributed by atoms with Crippen molar-refractivity contribution in [1.82, 2.24) is 0 Å². The van der Waals surface area contributed by atoms with Crippen LogP contribution in [0.3, 0.4) is 0 Å². The maximum Gasteiger partial charge on any atom is 0.267 e. The van der Waals surface area contributed by atoms with E-state index in [-0.39, 0.29) is 24.1 Å². The molecule has 1 N–H and O–H groups in total. The Morgan fingerprint density at radius 2 is 1.83 bits per heavy atom. The first-order chi connectivity index (χ1) is 13.8. The van der Waals surface area contributed by atoms with Crippen LogP contribution in [0, 0.1) is 0 Å². The van der Waals surface area contributed by atoms with E-state index in [0.717, 1.165) is 0 Å². The zero-order chi connectivity index (χ0) is 20.6. The van der Waals surface area contributed by atoms with Gasteiger partial charge in [0.1, 0.15) is 5.75 Å². The van der Waals surface area contributed by atoms with Crippen molar-refractivity contribution < 1.29 is 22.7 Å². The van der Waals surface area contributed by atoms with Crippen LogP contribution in [0.4, 0.5) is 17.1 Å². The van der Waals surface area contributed by atoms with E-state index in [4.69, 9.17) is 4.74 Å². The van der Waals surface area contributed by atoms with E-state index in [1.54, 1.807) is 48.5 Å². The molecule has 2 aliphatic heterocycles. The normalized spacial score (nSPS) is 20.0. The van der Waals surface area contributed by atoms with E-state index in [9.17, 15) is 18.0 Å². The Balaban J connectivity index is 1.48. The summed E-state index contributed by atoms with van der Waals surface area (Å²) in [6.45, 7) is 2.02. The summed E-state index contributed by atoms with van der Waals surface area (Å²) in [5.41, 5.74) is 1.73. The third-order valence-electron chi connectivity index (χ3n) is 4.97. The van der Waals surface area contributed by atoms with Gasteiger partial charge >= 0.3 is 0 Å². The highest BCUT2D eigenvalue weighted by atomic mass is 32.2. The molecule has 0 bridgehead atoms. The molecule has 0 aliphatic carbocycles. The molecule has 29 heavy (non-hydrogen) atoms. The van der Waals surface area contributed by atoms with Crippen molar-refractivity contribution in [2.45, 2.75) is 19.4 Å². The summed E-state index contributed by atoms with van der Waals surface area (Å²) < 4.78 is 31.2. The molecule has 2 aliphatic rings. The second-order valence-corrected chi connectivity index (χ2v) is 8.99. The molecule has 1 saturated heterocycles. The molecule has 8 nitrogen and oxygen atoms in total. The standard InChI is InChI=1S/C20H21N3O5S/c1-14(24)22-13-19(28-18-6-3-2-5-17(18)22)20(25)21-15-7-9-16(10-8-15)23-11-4-12-29(23,26)27/h2-3,5-10,19H,4,11-13H2,1H3,(H,21,25). The average molecular weight is 415 g/mol. The first-order valence-electron chi connectivity index (χ1n) is 9.30. The molecular formula is C20H21N3O5S. The van der Waals surface area contributed by atoms with Crippen LogP contribution in [0.2, 0.25) is 0 Å². The van der Waals surface area contributed by atoms with Gasteiger partial charge in [0.25, 0.3) is 5.91 Å². The molecule has 1 fully saturated rings. The summed E-state index contributed by atoms with van der Waals surface area (Å²) in [6.07, 6.45) is -0.249. The van der Waals surface area contributed by atoms with Crippen LogP contribution in [0.25, 0.3) is 0 Å². The Morgan fingerprint density at radius 3 is 2.48 bits per heavy atom. The zero-order valence-corrected chi connectivity index (χ0v) is 16.7. The molecule has 2 heterocycles. The summed E-state index contributed by atoms with van der Waals surface area (Å²) in [6, 6.07) is 13.7. The third-order valence-corrected chi connectivity index (χ3v) is 6.84. The molecule has 2 aromatic rings. The number of nitrogens with zero attached hydrogens (tertiary/aromatic N) is 2. The van der Waals surface area contributed by atoms with E-state index in [2.05, 4.69) is 5.32 Å². The Hall–Kier alpha value is -3.07. The molecule has 9 heteroatoms. The van der Waals surface area contributed by atoms with E-state index >= 15 is 0 Å². The van der Waals surface area contributed by atoms with Gasteiger partial charge < -0.3 is 15.0 Å². The molecule has 152 valence electrons. The molecular weight excluding hydrogens is 394 g/mol. The van der Waals surface area contributed by atoms with E-state index in [1.165, 1.54) is 16.1 Å². The van der Waals surface area contributed by atoms with Crippen molar-refractivity contribution >= 4 is 38.9 Å². The first-order valence-corrected chi connectivity index (χ1v) is 10.9. The van der Waals surface area contributed by atoms with Gasteiger partial charge in [-0.2, -0.15) is 0 Å². The fourth-order valence-corrected chi connectivity index (χ4v) is 5.10. The number of carbonyl (C=O) groups excluding carboxylic acids is 2. The lowest BCUT2D eigenvalue weighted by molar-refractivity contribution is -0.123. The molecule has 1 unspecified atom stereocenters. The number of anilines is 3. The number of para-hydroxylation sites is 2. The molecule has 2 amide bonds. The summed E-state index contributed by atoms with van der Waals surface area (Å²) >= 11 is 0. The highest BCUT2D eigenvalue weighted by Crippen LogP contribution is 2.33. The fraction of sp³-hybridized carbons (Fsp3) is 0.300. The number of amides is 2. The maximum absolute atomic E-state index is 12.7. The van der Waals surface area contributed by atoms with Crippen molar-refractivity contribution in [2.24, 2.45) is 0 Å². The number of rotatable bonds is 3. The molecule has 0 radical (unpaired) electrons. The van der Waals surface area contributed by atoms with Crippen LogP contribution in [0.1, 0.15) is 13.3 Å². The van der Waals surface area contributed by atoms with Crippen molar-refractivity contribution in [2.75, 3.05) is 33.4 Å². The molecule has 0 spiro atoms. The van der Waals surface area contributed by atoms with Gasteiger partial charge in [-0.3, -0.25) is 13.9 Å². The van der Waals surface area contributed by atoms with Crippen LogP contribution in [0.5, 0.6) is 5.75 Å². The van der Waals surface area contributed by atoms with Gasteiger partial charge in [0.2, 0.25) is 15.9 Å². The first kappa shape index (κ1) is 19.3. The number of ether oxygens (including phenoxy) is 1. The lowest BCUT2D eigenvalue weighted by Crippen LogP contribution is -2.48. The van der Waals surface area contributed by atoms with E-state index in [1.807, 2.05) is 0 Å². The largest absolute Gasteiger partial charge is 0.476 e. The van der Waals surface area contributed by atoms with Crippen LogP contribution < -0.4 is 19.3 Å². The SMILES string of the molecule is CC(=O)N1CC(C(=O)Nc2ccc(N3CCCS3(=O)=O)cc2)Oc2ccccc21. The average Bonchev–Trinajstić information content (AvgIpc) is 3.06. The number of hydrogen-bond acceptors (Lipinski definition) is 5. The smallest absolute Gasteiger partial charge is 0.267 e. The number of benzene rings is 2. The van der Waals surface area contributed by atoms with Gasteiger partial charge in [-0.15, -0.1) is 0 Å². The Bertz CT molecular complexity index is 1050. The van der Waals surface area contributed by atoms with Gasteiger partial charge in [0, 0.05) is 19.2 Å². The van der Waals surface area contributed by atoms with E-state index in [0.29, 0.717) is 35.8 Å². The molecule has 1 atom stereocenters. The molecule has 0 saturated carbocycles. The third kappa shape index (κ3) is 3.77. The number of nitrogens with one attached hydrogen (secondary N) is 1. The number of sulfonamides is 1. The van der Waals surface area contributed by atoms with Crippen molar-refractivity contribution in [3.63, 3.8) is 0 Å². The van der Waals surface area contributed by atoms with Crippen LogP contribution in [-0.2, 0) is 19.6 Å². The minimum absolute atomic E-state index is 0.113. The predicted octanol–water partition coefficient (Wildman–Crippen LogP) is 1.98. The molecule has 0 aromatic heterocycles. The zero-order valence-electron chi connectivity index (χ0n) is 15.9.